The summed E-state index contributed by atoms with van der Waals surface area (Å²) in [5.74, 6) is 4.69. The first-order valence-electron chi connectivity index (χ1n) is 5.54. The number of aromatic nitrogens is 3. The quantitative estimate of drug-likeness (QED) is 0.433. The molecule has 7 nitrogen and oxygen atoms in total. The highest BCUT2D eigenvalue weighted by Gasteiger charge is 2.05. The zero-order chi connectivity index (χ0) is 13.0. The summed E-state index contributed by atoms with van der Waals surface area (Å²) in [6, 6.07) is 7.01. The normalized spacial score (nSPS) is 10.5. The van der Waals surface area contributed by atoms with Crippen molar-refractivity contribution in [1.82, 2.24) is 20.4 Å². The summed E-state index contributed by atoms with van der Waals surface area (Å²) < 4.78 is 1.26. The van der Waals surface area contributed by atoms with Gasteiger partial charge in [0.25, 0.3) is 5.56 Å². The van der Waals surface area contributed by atoms with Gasteiger partial charge < -0.3 is 0 Å². The SMILES string of the molecule is NNC(=O)CCCn1nnc2ccccc2c1=O. The summed E-state index contributed by atoms with van der Waals surface area (Å²) >= 11 is 0. The van der Waals surface area contributed by atoms with Crippen molar-refractivity contribution < 1.29 is 4.79 Å². The number of hydrogen-bond donors (Lipinski definition) is 2. The third-order valence-corrected chi connectivity index (χ3v) is 2.56. The van der Waals surface area contributed by atoms with Crippen molar-refractivity contribution in [2.75, 3.05) is 0 Å². The molecule has 0 unspecified atom stereocenters. The lowest BCUT2D eigenvalue weighted by atomic mass is 10.2. The van der Waals surface area contributed by atoms with Crippen LogP contribution in [-0.2, 0) is 11.3 Å². The van der Waals surface area contributed by atoms with Gasteiger partial charge in [0, 0.05) is 13.0 Å². The average Bonchev–Trinajstić information content (AvgIpc) is 2.41. The summed E-state index contributed by atoms with van der Waals surface area (Å²) in [7, 11) is 0. The number of benzene rings is 1. The minimum absolute atomic E-state index is 0.200. The summed E-state index contributed by atoms with van der Waals surface area (Å²) in [5.41, 5.74) is 2.40. The number of hydrazine groups is 1. The van der Waals surface area contributed by atoms with Gasteiger partial charge >= 0.3 is 0 Å². The molecule has 0 aliphatic carbocycles. The average molecular weight is 247 g/mol. The molecule has 0 spiro atoms. The number of carbonyl (C=O) groups excluding carboxylic acids is 1. The summed E-state index contributed by atoms with van der Waals surface area (Å²) in [6.07, 6.45) is 0.730. The van der Waals surface area contributed by atoms with E-state index in [0.29, 0.717) is 23.9 Å². The van der Waals surface area contributed by atoms with Crippen molar-refractivity contribution in [2.24, 2.45) is 5.84 Å². The first-order valence-corrected chi connectivity index (χ1v) is 5.54. The van der Waals surface area contributed by atoms with E-state index in [-0.39, 0.29) is 17.9 Å². The van der Waals surface area contributed by atoms with Crippen molar-refractivity contribution in [1.29, 1.82) is 0 Å². The highest BCUT2D eigenvalue weighted by Crippen LogP contribution is 2.03. The second kappa shape index (κ2) is 5.37. The van der Waals surface area contributed by atoms with Crippen LogP contribution in [0.1, 0.15) is 12.8 Å². The van der Waals surface area contributed by atoms with Crippen molar-refractivity contribution in [2.45, 2.75) is 19.4 Å². The highest BCUT2D eigenvalue weighted by molar-refractivity contribution is 5.76. The van der Waals surface area contributed by atoms with E-state index in [2.05, 4.69) is 10.3 Å². The minimum Gasteiger partial charge on any atom is -0.294 e. The van der Waals surface area contributed by atoms with Crippen molar-refractivity contribution in [3.8, 4) is 0 Å². The molecular formula is C11H13N5O2. The first-order chi connectivity index (χ1) is 8.72. The molecule has 0 atom stereocenters. The van der Waals surface area contributed by atoms with E-state index in [0.717, 1.165) is 0 Å². The Hall–Kier alpha value is -2.28. The monoisotopic (exact) mass is 247 g/mol. The Morgan fingerprint density at radius 2 is 2.17 bits per heavy atom. The van der Waals surface area contributed by atoms with Crippen LogP contribution in [0.2, 0.25) is 0 Å². The zero-order valence-electron chi connectivity index (χ0n) is 9.67. The second-order valence-electron chi connectivity index (χ2n) is 3.81. The van der Waals surface area contributed by atoms with Crippen LogP contribution in [0.5, 0.6) is 0 Å². The van der Waals surface area contributed by atoms with Gasteiger partial charge in [-0.25, -0.2) is 10.5 Å². The van der Waals surface area contributed by atoms with Gasteiger partial charge in [0.15, 0.2) is 0 Å². The molecule has 0 radical (unpaired) electrons. The lowest BCUT2D eigenvalue weighted by Gasteiger charge is -2.04. The van der Waals surface area contributed by atoms with E-state index in [9.17, 15) is 9.59 Å². The van der Waals surface area contributed by atoms with Crippen molar-refractivity contribution >= 4 is 16.8 Å². The number of rotatable bonds is 4. The number of nitrogens with two attached hydrogens (primary N) is 1. The van der Waals surface area contributed by atoms with Crippen LogP contribution < -0.4 is 16.8 Å². The summed E-state index contributed by atoms with van der Waals surface area (Å²) in [5, 5.41) is 8.29. The van der Waals surface area contributed by atoms with Gasteiger partial charge in [-0.2, -0.15) is 0 Å². The van der Waals surface area contributed by atoms with Gasteiger partial charge in [-0.1, -0.05) is 17.3 Å². The molecule has 1 aromatic carbocycles. The highest BCUT2D eigenvalue weighted by atomic mass is 16.2. The fourth-order valence-electron chi connectivity index (χ4n) is 1.63. The van der Waals surface area contributed by atoms with Crippen LogP contribution >= 0.6 is 0 Å². The first kappa shape index (κ1) is 12.2. The number of hydrogen-bond acceptors (Lipinski definition) is 5. The van der Waals surface area contributed by atoms with E-state index < -0.39 is 0 Å². The molecular weight excluding hydrogens is 234 g/mol. The molecule has 7 heteroatoms. The van der Waals surface area contributed by atoms with E-state index in [1.807, 2.05) is 5.43 Å². The molecule has 1 amide bonds. The van der Waals surface area contributed by atoms with Crippen LogP contribution in [0.15, 0.2) is 29.1 Å². The molecule has 0 aliphatic rings. The van der Waals surface area contributed by atoms with E-state index in [1.54, 1.807) is 24.3 Å². The number of fused-ring (bicyclic) bond motifs is 1. The predicted molar refractivity (Wildman–Crippen MR) is 65.4 cm³/mol. The molecule has 18 heavy (non-hydrogen) atoms. The van der Waals surface area contributed by atoms with Gasteiger partial charge in [-0.15, -0.1) is 5.10 Å². The maximum Gasteiger partial charge on any atom is 0.277 e. The fourth-order valence-corrected chi connectivity index (χ4v) is 1.63. The standard InChI is InChI=1S/C11H13N5O2/c12-13-10(17)6-3-7-16-11(18)8-4-1-2-5-9(8)14-15-16/h1-2,4-5H,3,6-7,12H2,(H,13,17). The fraction of sp³-hybridized carbons (Fsp3) is 0.273. The smallest absolute Gasteiger partial charge is 0.277 e. The Bertz CT molecular complexity index is 622. The van der Waals surface area contributed by atoms with Gasteiger partial charge in [-0.05, 0) is 18.6 Å². The van der Waals surface area contributed by atoms with Gasteiger partial charge in [0.1, 0.15) is 5.52 Å². The number of nitrogens with one attached hydrogen (secondary N) is 1. The Morgan fingerprint density at radius 1 is 1.39 bits per heavy atom. The Kier molecular flexibility index (Phi) is 3.63. The largest absolute Gasteiger partial charge is 0.294 e. The van der Waals surface area contributed by atoms with E-state index in [1.165, 1.54) is 4.68 Å². The molecule has 2 aromatic rings. The molecule has 3 N–H and O–H groups in total. The maximum atomic E-state index is 12.0. The molecule has 2 rings (SSSR count). The molecule has 1 heterocycles. The zero-order valence-corrected chi connectivity index (χ0v) is 9.67. The van der Waals surface area contributed by atoms with Crippen LogP contribution in [0, 0.1) is 0 Å². The minimum atomic E-state index is -0.267. The van der Waals surface area contributed by atoms with Crippen LogP contribution in [0.4, 0.5) is 0 Å². The predicted octanol–water partition coefficient (Wildman–Crippen LogP) is -0.438. The Labute approximate surface area is 103 Å². The lowest BCUT2D eigenvalue weighted by molar-refractivity contribution is -0.121. The second-order valence-corrected chi connectivity index (χ2v) is 3.81. The maximum absolute atomic E-state index is 12.0. The molecule has 0 aliphatic heterocycles. The molecule has 0 saturated heterocycles. The molecule has 94 valence electrons. The summed E-state index contributed by atoms with van der Waals surface area (Å²) in [6.45, 7) is 0.337. The number of nitrogens with zero attached hydrogens (tertiary/aromatic N) is 3. The molecule has 0 bridgehead atoms. The third-order valence-electron chi connectivity index (χ3n) is 2.56. The molecule has 0 fully saturated rings. The van der Waals surface area contributed by atoms with E-state index >= 15 is 0 Å². The van der Waals surface area contributed by atoms with Crippen LogP contribution in [-0.4, -0.2) is 20.9 Å². The Balaban J connectivity index is 2.17. The molecule has 1 aromatic heterocycles. The van der Waals surface area contributed by atoms with Crippen LogP contribution in [0.25, 0.3) is 10.9 Å². The molecule has 0 saturated carbocycles. The van der Waals surface area contributed by atoms with Crippen molar-refractivity contribution in [3.05, 3.63) is 34.6 Å². The topological polar surface area (TPSA) is 103 Å². The van der Waals surface area contributed by atoms with E-state index in [4.69, 9.17) is 5.84 Å². The van der Waals surface area contributed by atoms with Crippen molar-refractivity contribution in [3.63, 3.8) is 0 Å². The number of carbonyl (C=O) groups is 1. The Morgan fingerprint density at radius 3 is 2.94 bits per heavy atom. The third kappa shape index (κ3) is 2.51. The van der Waals surface area contributed by atoms with Gasteiger partial charge in [-0.3, -0.25) is 15.0 Å². The summed E-state index contributed by atoms with van der Waals surface area (Å²) in [4.78, 5) is 22.9. The van der Waals surface area contributed by atoms with Crippen LogP contribution in [0.3, 0.4) is 0 Å². The lowest BCUT2D eigenvalue weighted by Crippen LogP contribution is -2.30. The van der Waals surface area contributed by atoms with Gasteiger partial charge in [0.2, 0.25) is 5.91 Å². The number of aryl methyl sites for hydroxylation is 1. The number of amides is 1. The van der Waals surface area contributed by atoms with Gasteiger partial charge in [0.05, 0.1) is 5.39 Å².